The third-order valence-electron chi connectivity index (χ3n) is 4.30. The number of likely N-dealkylation sites (N-methyl/N-ethyl adjacent to an activating group) is 1. The van der Waals surface area contributed by atoms with Crippen LogP contribution in [0.4, 0.5) is 11.4 Å². The first-order chi connectivity index (χ1) is 9.83. The summed E-state index contributed by atoms with van der Waals surface area (Å²) >= 11 is 0. The van der Waals surface area contributed by atoms with Crippen LogP contribution < -0.4 is 10.2 Å². The molecule has 0 heterocycles. The zero-order valence-electron chi connectivity index (χ0n) is 12.6. The quantitative estimate of drug-likeness (QED) is 0.800. The van der Waals surface area contributed by atoms with Crippen LogP contribution >= 0.6 is 0 Å². The van der Waals surface area contributed by atoms with Crippen molar-refractivity contribution in [1.29, 1.82) is 0 Å². The van der Waals surface area contributed by atoms with Gasteiger partial charge in [0.2, 0.25) is 0 Å². The Morgan fingerprint density at radius 3 is 2.45 bits per heavy atom. The lowest BCUT2D eigenvalue weighted by Gasteiger charge is -2.24. The minimum Gasteiger partial charge on any atom is -0.395 e. The van der Waals surface area contributed by atoms with Gasteiger partial charge in [0.05, 0.1) is 6.61 Å². The van der Waals surface area contributed by atoms with Gasteiger partial charge in [-0.1, -0.05) is 19.3 Å². The van der Waals surface area contributed by atoms with Crippen LogP contribution in [0.2, 0.25) is 0 Å². The van der Waals surface area contributed by atoms with E-state index in [0.717, 1.165) is 19.0 Å². The van der Waals surface area contributed by atoms with Crippen LogP contribution in [0.5, 0.6) is 0 Å². The summed E-state index contributed by atoms with van der Waals surface area (Å²) in [5.41, 5.74) is 2.39. The number of anilines is 2. The van der Waals surface area contributed by atoms with E-state index >= 15 is 0 Å². The molecule has 0 spiro atoms. The minimum atomic E-state index is 0.204. The predicted octanol–water partition coefficient (Wildman–Crippen LogP) is 3.50. The number of rotatable bonds is 7. The summed E-state index contributed by atoms with van der Waals surface area (Å²) in [6, 6.07) is 8.58. The molecule has 1 aromatic carbocycles. The van der Waals surface area contributed by atoms with E-state index in [1.54, 1.807) is 0 Å². The molecule has 0 saturated heterocycles. The van der Waals surface area contributed by atoms with Crippen molar-refractivity contribution in [2.45, 2.75) is 39.0 Å². The van der Waals surface area contributed by atoms with E-state index in [4.69, 9.17) is 5.11 Å². The Morgan fingerprint density at radius 1 is 1.15 bits per heavy atom. The molecular weight excluding hydrogens is 248 g/mol. The third-order valence-corrected chi connectivity index (χ3v) is 4.30. The Kier molecular flexibility index (Phi) is 6.19. The monoisotopic (exact) mass is 276 g/mol. The molecule has 3 nitrogen and oxygen atoms in total. The number of aliphatic hydroxyl groups excluding tert-OH is 1. The Bertz CT molecular complexity index is 371. The Balaban J connectivity index is 1.84. The van der Waals surface area contributed by atoms with Crippen molar-refractivity contribution in [2.24, 2.45) is 5.92 Å². The first kappa shape index (κ1) is 15.2. The molecule has 0 amide bonds. The van der Waals surface area contributed by atoms with E-state index in [-0.39, 0.29) is 6.61 Å². The maximum absolute atomic E-state index is 9.06. The second kappa shape index (κ2) is 8.15. The summed E-state index contributed by atoms with van der Waals surface area (Å²) in [6.45, 7) is 5.05. The van der Waals surface area contributed by atoms with E-state index < -0.39 is 0 Å². The van der Waals surface area contributed by atoms with Crippen LogP contribution in [0.15, 0.2) is 24.3 Å². The van der Waals surface area contributed by atoms with Crippen molar-refractivity contribution < 1.29 is 5.11 Å². The summed E-state index contributed by atoms with van der Waals surface area (Å²) in [7, 11) is 0. The van der Waals surface area contributed by atoms with Gasteiger partial charge < -0.3 is 15.3 Å². The highest BCUT2D eigenvalue weighted by Crippen LogP contribution is 2.24. The second-order valence-electron chi connectivity index (χ2n) is 5.74. The molecule has 1 aromatic rings. The number of hydrogen-bond donors (Lipinski definition) is 2. The molecule has 1 saturated carbocycles. The first-order valence-corrected chi connectivity index (χ1v) is 8.03. The van der Waals surface area contributed by atoms with Crippen molar-refractivity contribution in [3.63, 3.8) is 0 Å². The molecule has 0 radical (unpaired) electrons. The molecule has 1 aliphatic rings. The van der Waals surface area contributed by atoms with Crippen LogP contribution in [-0.2, 0) is 0 Å². The van der Waals surface area contributed by atoms with Crippen molar-refractivity contribution >= 4 is 11.4 Å². The van der Waals surface area contributed by atoms with Crippen molar-refractivity contribution in [2.75, 3.05) is 36.5 Å². The average Bonchev–Trinajstić information content (AvgIpc) is 2.52. The average molecular weight is 276 g/mol. The van der Waals surface area contributed by atoms with Gasteiger partial charge in [0.1, 0.15) is 0 Å². The van der Waals surface area contributed by atoms with Crippen LogP contribution in [0.25, 0.3) is 0 Å². The molecule has 0 aromatic heterocycles. The largest absolute Gasteiger partial charge is 0.395 e. The van der Waals surface area contributed by atoms with Gasteiger partial charge in [0.25, 0.3) is 0 Å². The summed E-state index contributed by atoms with van der Waals surface area (Å²) in [6.07, 6.45) is 6.98. The summed E-state index contributed by atoms with van der Waals surface area (Å²) in [5, 5.41) is 12.6. The lowest BCUT2D eigenvalue weighted by Crippen LogP contribution is -2.26. The topological polar surface area (TPSA) is 35.5 Å². The molecule has 2 rings (SSSR count). The van der Waals surface area contributed by atoms with Gasteiger partial charge in [-0.05, 0) is 49.9 Å². The Labute approximate surface area is 123 Å². The fraction of sp³-hybridized carbons (Fsp3) is 0.647. The van der Waals surface area contributed by atoms with E-state index in [2.05, 4.69) is 41.4 Å². The number of nitrogens with one attached hydrogen (secondary N) is 1. The number of benzene rings is 1. The van der Waals surface area contributed by atoms with E-state index in [1.807, 2.05) is 0 Å². The first-order valence-electron chi connectivity index (χ1n) is 8.03. The molecule has 0 atom stereocenters. The molecule has 20 heavy (non-hydrogen) atoms. The number of aliphatic hydroxyl groups is 1. The molecule has 112 valence electrons. The van der Waals surface area contributed by atoms with Crippen LogP contribution in [0.1, 0.15) is 39.0 Å². The third kappa shape index (κ3) is 4.41. The lowest BCUT2D eigenvalue weighted by atomic mass is 9.89. The SMILES string of the molecule is CCN(CCO)c1ccc(NCC2CCCCC2)cc1. The van der Waals surface area contributed by atoms with Crippen molar-refractivity contribution in [1.82, 2.24) is 0 Å². The van der Waals surface area contributed by atoms with Crippen LogP contribution in [0, 0.1) is 5.92 Å². The highest BCUT2D eigenvalue weighted by atomic mass is 16.3. The molecule has 1 fully saturated rings. The molecular formula is C17H28N2O. The predicted molar refractivity (Wildman–Crippen MR) is 86.5 cm³/mol. The Hall–Kier alpha value is -1.22. The normalized spacial score (nSPS) is 16.1. The smallest absolute Gasteiger partial charge is 0.0606 e. The number of nitrogens with zero attached hydrogens (tertiary/aromatic N) is 1. The highest BCUT2D eigenvalue weighted by molar-refractivity contribution is 5.55. The standard InChI is InChI=1S/C17H28N2O/c1-2-19(12-13-20)17-10-8-16(9-11-17)18-14-15-6-4-3-5-7-15/h8-11,15,18,20H,2-7,12-14H2,1H3. The lowest BCUT2D eigenvalue weighted by molar-refractivity contribution is 0.302. The van der Waals surface area contributed by atoms with E-state index in [0.29, 0.717) is 6.54 Å². The maximum atomic E-state index is 9.06. The number of hydrogen-bond acceptors (Lipinski definition) is 3. The van der Waals surface area contributed by atoms with Gasteiger partial charge in [0.15, 0.2) is 0 Å². The summed E-state index contributed by atoms with van der Waals surface area (Å²) < 4.78 is 0. The van der Waals surface area contributed by atoms with Crippen molar-refractivity contribution in [3.05, 3.63) is 24.3 Å². The zero-order chi connectivity index (χ0) is 14.2. The zero-order valence-corrected chi connectivity index (χ0v) is 12.6. The van der Waals surface area contributed by atoms with E-state index in [1.165, 1.54) is 43.5 Å². The maximum Gasteiger partial charge on any atom is 0.0606 e. The summed E-state index contributed by atoms with van der Waals surface area (Å²) in [5.74, 6) is 0.852. The van der Waals surface area contributed by atoms with E-state index in [9.17, 15) is 0 Å². The fourth-order valence-corrected chi connectivity index (χ4v) is 3.03. The van der Waals surface area contributed by atoms with Gasteiger partial charge in [-0.15, -0.1) is 0 Å². The van der Waals surface area contributed by atoms with Crippen molar-refractivity contribution in [3.8, 4) is 0 Å². The molecule has 0 aliphatic heterocycles. The second-order valence-corrected chi connectivity index (χ2v) is 5.74. The highest BCUT2D eigenvalue weighted by Gasteiger charge is 2.12. The van der Waals surface area contributed by atoms with Crippen LogP contribution in [-0.4, -0.2) is 31.3 Å². The van der Waals surface area contributed by atoms with Gasteiger partial charge >= 0.3 is 0 Å². The molecule has 2 N–H and O–H groups in total. The molecule has 1 aliphatic carbocycles. The van der Waals surface area contributed by atoms with Gasteiger partial charge in [-0.2, -0.15) is 0 Å². The fourth-order valence-electron chi connectivity index (χ4n) is 3.03. The van der Waals surface area contributed by atoms with Crippen LogP contribution in [0.3, 0.4) is 0 Å². The van der Waals surface area contributed by atoms with Gasteiger partial charge in [0, 0.05) is 31.0 Å². The van der Waals surface area contributed by atoms with Gasteiger partial charge in [-0.25, -0.2) is 0 Å². The molecule has 0 bridgehead atoms. The minimum absolute atomic E-state index is 0.204. The molecule has 3 heteroatoms. The summed E-state index contributed by atoms with van der Waals surface area (Å²) in [4.78, 5) is 2.19. The van der Waals surface area contributed by atoms with Gasteiger partial charge in [-0.3, -0.25) is 0 Å². The molecule has 0 unspecified atom stereocenters. The Morgan fingerprint density at radius 2 is 1.85 bits per heavy atom.